The molecule has 2 radical (unpaired) electrons. The van der Waals surface area contributed by atoms with E-state index >= 15 is 0 Å². The maximum absolute atomic E-state index is 5.30. The van der Waals surface area contributed by atoms with Gasteiger partial charge in [0.1, 0.15) is 0 Å². The molecule has 4 aliphatic carbocycles. The van der Waals surface area contributed by atoms with Gasteiger partial charge in [-0.1, -0.05) is 251 Å². The van der Waals surface area contributed by atoms with Crippen LogP contribution in [0.3, 0.4) is 0 Å². The molecular weight excluding hydrogens is 1550 g/mol. The molecule has 18 nitrogen and oxygen atoms in total. The molecule has 95 heavy (non-hydrogen) atoms. The third-order valence-corrected chi connectivity index (χ3v) is 29.5. The molecule has 0 atom stereocenters. The summed E-state index contributed by atoms with van der Waals surface area (Å²) in [5, 5.41) is 38.1. The van der Waals surface area contributed by atoms with Crippen LogP contribution in [0.1, 0.15) is 204 Å². The van der Waals surface area contributed by atoms with Crippen molar-refractivity contribution in [2.45, 2.75) is 321 Å². The van der Waals surface area contributed by atoms with Gasteiger partial charge in [0.15, 0.2) is 0 Å². The normalized spacial score (nSPS) is 16.7. The minimum Gasteiger partial charge on any atom is -0.668 e. The Bertz CT molecular complexity index is 2930. The SMILES string of the molecule is CC(=NC1CCCCC1)[N-]C1CCCCC1.C[Si](C)(C)[N-][Si](C)(C)C.C[Si](C)(C)[N-][Si](C)(C)CC(=NC1CCCCC1)[N-]C1CCCCC1.Cc1cc(C)n([BH-](n2nc(C)cc2C)n2nc(C)cc2C)n1.Cc1cc(C)n([BH-](n2nc(C)cc2C)n2nc(C)cc2C)n1.[Er+3].[Er+3]. The Hall–Kier alpha value is -2.39. The molecular formula is C69H126B2Er2N18Si4. The number of rotatable bonds is 16. The first-order valence-electron chi connectivity index (χ1n) is 36.0. The fourth-order valence-electron chi connectivity index (χ4n) is 14.8. The van der Waals surface area contributed by atoms with Crippen LogP contribution in [0.4, 0.5) is 0 Å². The van der Waals surface area contributed by atoms with E-state index in [9.17, 15) is 0 Å². The number of aromatic nitrogens is 12. The van der Waals surface area contributed by atoms with Crippen molar-refractivity contribution in [2.75, 3.05) is 0 Å². The van der Waals surface area contributed by atoms with Crippen molar-refractivity contribution in [1.82, 2.24) is 58.1 Å². The van der Waals surface area contributed by atoms with Gasteiger partial charge in [0.05, 0.1) is 34.2 Å². The van der Waals surface area contributed by atoms with Crippen molar-refractivity contribution in [3.05, 3.63) is 125 Å². The maximum atomic E-state index is 5.30. The van der Waals surface area contributed by atoms with Crippen LogP contribution in [0.25, 0.3) is 19.9 Å². The van der Waals surface area contributed by atoms with Gasteiger partial charge in [-0.15, -0.1) is 0 Å². The van der Waals surface area contributed by atoms with Crippen LogP contribution in [-0.4, -0.2) is 141 Å². The molecule has 4 fully saturated rings. The summed E-state index contributed by atoms with van der Waals surface area (Å²) in [7, 11) is -7.71. The van der Waals surface area contributed by atoms with Gasteiger partial charge in [0.2, 0.25) is 0 Å². The second kappa shape index (κ2) is 39.1. The van der Waals surface area contributed by atoms with Crippen molar-refractivity contribution in [3.63, 3.8) is 0 Å². The molecule has 0 amide bonds. The zero-order chi connectivity index (χ0) is 68.6. The van der Waals surface area contributed by atoms with Gasteiger partial charge in [-0.05, 0) is 185 Å². The van der Waals surface area contributed by atoms with Crippen LogP contribution in [-0.2, 0) is 0 Å². The quantitative estimate of drug-likeness (QED) is 0.0526. The molecule has 6 aromatic heterocycles. The van der Waals surface area contributed by atoms with E-state index in [2.05, 4.69) is 184 Å². The van der Waals surface area contributed by atoms with Gasteiger partial charge in [-0.3, -0.25) is 0 Å². The number of nitrogens with zero attached hydrogens (tertiary/aromatic N) is 18. The van der Waals surface area contributed by atoms with Gasteiger partial charge < -0.3 is 57.5 Å². The zero-order valence-corrected chi connectivity index (χ0v) is 71.4. The van der Waals surface area contributed by atoms with Crippen LogP contribution < -0.4 is 0 Å². The molecule has 4 saturated carbocycles. The molecule has 0 aromatic carbocycles. The molecule has 6 heterocycles. The van der Waals surface area contributed by atoms with E-state index in [-0.39, 0.29) is 74.6 Å². The summed E-state index contributed by atoms with van der Waals surface area (Å²) in [5.41, 5.74) is 12.8. The molecule has 26 heteroatoms. The minimum absolute atomic E-state index is 0. The number of hydrogen-bond donors (Lipinski definition) is 0. The number of hydrogen-bond acceptors (Lipinski definition) is 8. The molecule has 0 aliphatic heterocycles. The minimum atomic E-state index is -1.61. The van der Waals surface area contributed by atoms with E-state index in [0.717, 1.165) is 80.2 Å². The first kappa shape index (κ1) is 85.0. The topological polar surface area (TPSA) is 188 Å². The number of aryl methyl sites for hydroxylation is 12. The average molecular weight is 1680 g/mol. The van der Waals surface area contributed by atoms with E-state index < -0.39 is 47.2 Å². The van der Waals surface area contributed by atoms with Gasteiger partial charge in [0.25, 0.3) is 0 Å². The first-order valence-corrected chi connectivity index (χ1v) is 49.5. The summed E-state index contributed by atoms with van der Waals surface area (Å²) in [6, 6.07) is 15.9. The van der Waals surface area contributed by atoms with Crippen LogP contribution in [0, 0.1) is 158 Å². The van der Waals surface area contributed by atoms with Gasteiger partial charge in [-0.25, -0.2) is 30.6 Å². The van der Waals surface area contributed by atoms with Crippen molar-refractivity contribution in [2.24, 2.45) is 9.98 Å². The van der Waals surface area contributed by atoms with Gasteiger partial charge in [-0.2, -0.15) is 0 Å². The summed E-state index contributed by atoms with van der Waals surface area (Å²) in [4.78, 5) is 9.97. The average Bonchev–Trinajstić information content (AvgIpc) is 1.64. The molecule has 0 saturated heterocycles. The second-order valence-electron chi connectivity index (χ2n) is 31.8. The Morgan fingerprint density at radius 2 is 0.611 bits per heavy atom. The molecule has 0 unspecified atom stereocenters. The monoisotopic (exact) mass is 1670 g/mol. The van der Waals surface area contributed by atoms with Crippen LogP contribution in [0.15, 0.2) is 46.4 Å². The Labute approximate surface area is 640 Å². The Morgan fingerprint density at radius 3 is 0.842 bits per heavy atom. The second-order valence-corrected chi connectivity index (χ2v) is 50.6. The molecule has 0 spiro atoms. The molecule has 0 N–H and O–H groups in total. The first-order chi connectivity index (χ1) is 43.5. The summed E-state index contributed by atoms with van der Waals surface area (Å²) in [5.74, 6) is 2.26. The van der Waals surface area contributed by atoms with Crippen molar-refractivity contribution in [3.8, 4) is 0 Å². The van der Waals surface area contributed by atoms with E-state index in [0.29, 0.717) is 24.2 Å². The van der Waals surface area contributed by atoms with E-state index in [1.165, 1.54) is 134 Å². The standard InChI is InChI=1S/C19H39N3Si2.2C15H22BN6.C14H25N2.C6H18NSi2.2Er/c1-23(2,3)22-24(4,5)16-19(20-17-12-8-6-9-13-17)21-18-14-10-7-11-15-18;2*1-10-7-13(4)20(17-10)16(21-14(5)8-11(2)18-21)22-15(6)9-12(3)19-22;1-12(15-13-8-4-2-5-9-13)16-14-10-6-3-7-11-14;1-8(2,3)7-9(4,5)6;;/h17-18H,6-16H2,1-5H3;2*7-9,16H,1-6H3;13-14H,2-11H2,1H3;1-6H3;;/q-2;4*-1;2*+3. The summed E-state index contributed by atoms with van der Waals surface area (Å²) >= 11 is 0. The number of amidine groups is 2. The molecule has 4 aliphatic rings. The summed E-state index contributed by atoms with van der Waals surface area (Å²) in [6.45, 7) is 52.4. The fourth-order valence-corrected chi connectivity index (χ4v) is 31.4. The molecule has 6 aromatic rings. The smallest absolute Gasteiger partial charge is 0.668 e. The molecule has 538 valence electrons. The maximum Gasteiger partial charge on any atom is 3.00 e. The third kappa shape index (κ3) is 29.2. The van der Waals surface area contributed by atoms with Gasteiger partial charge in [0, 0.05) is 0 Å². The predicted octanol–water partition coefficient (Wildman–Crippen LogP) is 17.9. The van der Waals surface area contributed by atoms with Crippen LogP contribution >= 0.6 is 0 Å². The Morgan fingerprint density at radius 1 is 0.368 bits per heavy atom. The summed E-state index contributed by atoms with van der Waals surface area (Å²) < 4.78 is 22.5. The fraction of sp³-hybridized carbons (Fsp3) is 0.710. The van der Waals surface area contributed by atoms with Crippen molar-refractivity contribution >= 4 is 58.8 Å². The Kier molecular flexibility index (Phi) is 35.0. The zero-order valence-electron chi connectivity index (χ0n) is 63.7. The Balaban J connectivity index is 0.000000258. The number of aliphatic imine (C=N–C) groups is 2. The molecule has 10 rings (SSSR count). The third-order valence-electron chi connectivity index (χ3n) is 17.8. The van der Waals surface area contributed by atoms with E-state index in [1.54, 1.807) is 0 Å². The van der Waals surface area contributed by atoms with Crippen LogP contribution in [0.2, 0.25) is 78.1 Å². The van der Waals surface area contributed by atoms with Crippen molar-refractivity contribution in [1.29, 1.82) is 0 Å². The largest absolute Gasteiger partial charge is 3.00 e. The molecule has 0 bridgehead atoms. The van der Waals surface area contributed by atoms with E-state index in [4.69, 9.17) is 60.5 Å². The van der Waals surface area contributed by atoms with Crippen molar-refractivity contribution < 1.29 is 74.6 Å². The van der Waals surface area contributed by atoms with E-state index in [1.807, 2.05) is 41.5 Å². The van der Waals surface area contributed by atoms with Crippen LogP contribution in [0.5, 0.6) is 0 Å². The predicted molar refractivity (Wildman–Crippen MR) is 411 cm³/mol. The van der Waals surface area contributed by atoms with Gasteiger partial charge >= 0.3 is 88.8 Å². The summed E-state index contributed by atoms with van der Waals surface area (Å²) in [6.07, 6.45) is 26.7.